The van der Waals surface area contributed by atoms with Gasteiger partial charge in [-0.15, -0.1) is 0 Å². The van der Waals surface area contributed by atoms with Crippen LogP contribution < -0.4 is 0 Å². The van der Waals surface area contributed by atoms with Gasteiger partial charge in [-0.2, -0.15) is 5.10 Å². The SMILES string of the molecule is O=C(O)c1cnn2c1CN(C(=O)N1CCOC(C3CC3)C1)CC2. The molecule has 23 heavy (non-hydrogen) atoms. The molecule has 0 spiro atoms. The quantitative estimate of drug-likeness (QED) is 0.863. The van der Waals surface area contributed by atoms with Crippen LogP contribution in [0.2, 0.25) is 0 Å². The summed E-state index contributed by atoms with van der Waals surface area (Å²) in [5, 5.41) is 13.3. The van der Waals surface area contributed by atoms with Crippen LogP contribution in [0.15, 0.2) is 6.20 Å². The number of hydrogen-bond donors (Lipinski definition) is 1. The van der Waals surface area contributed by atoms with E-state index in [1.165, 1.54) is 19.0 Å². The highest BCUT2D eigenvalue weighted by Gasteiger charge is 2.38. The first-order valence-electron chi connectivity index (χ1n) is 8.07. The van der Waals surface area contributed by atoms with Crippen LogP contribution in [0.5, 0.6) is 0 Å². The molecule has 1 saturated heterocycles. The Kier molecular flexibility index (Phi) is 3.48. The van der Waals surface area contributed by atoms with Crippen LogP contribution in [0.25, 0.3) is 0 Å². The third-order valence-corrected chi connectivity index (χ3v) is 4.88. The number of carboxylic acid groups (broad SMARTS) is 1. The average molecular weight is 320 g/mol. The maximum absolute atomic E-state index is 12.8. The van der Waals surface area contributed by atoms with Crippen molar-refractivity contribution in [1.82, 2.24) is 19.6 Å². The molecular weight excluding hydrogens is 300 g/mol. The van der Waals surface area contributed by atoms with Crippen molar-refractivity contribution in [2.75, 3.05) is 26.2 Å². The highest BCUT2D eigenvalue weighted by Crippen LogP contribution is 2.35. The smallest absolute Gasteiger partial charge is 0.339 e. The summed E-state index contributed by atoms with van der Waals surface area (Å²) in [6.07, 6.45) is 3.91. The van der Waals surface area contributed by atoms with Crippen LogP contribution in [0.3, 0.4) is 0 Å². The maximum Gasteiger partial charge on any atom is 0.339 e. The molecule has 8 nitrogen and oxygen atoms in total. The highest BCUT2D eigenvalue weighted by molar-refractivity contribution is 5.88. The van der Waals surface area contributed by atoms with Crippen LogP contribution in [0.4, 0.5) is 4.79 Å². The van der Waals surface area contributed by atoms with Crippen molar-refractivity contribution < 1.29 is 19.4 Å². The summed E-state index contributed by atoms with van der Waals surface area (Å²) in [5.41, 5.74) is 0.782. The fraction of sp³-hybridized carbons (Fsp3) is 0.667. The zero-order valence-corrected chi connectivity index (χ0v) is 12.8. The molecular formula is C15H20N4O4. The summed E-state index contributed by atoms with van der Waals surface area (Å²) >= 11 is 0. The van der Waals surface area contributed by atoms with Crippen LogP contribution in [-0.2, 0) is 17.8 Å². The molecule has 1 atom stereocenters. The summed E-state index contributed by atoms with van der Waals surface area (Å²) in [4.78, 5) is 27.6. The Labute approximate surface area is 133 Å². The van der Waals surface area contributed by atoms with Gasteiger partial charge in [-0.05, 0) is 18.8 Å². The summed E-state index contributed by atoms with van der Waals surface area (Å²) in [7, 11) is 0. The molecule has 8 heteroatoms. The van der Waals surface area contributed by atoms with Gasteiger partial charge in [-0.25, -0.2) is 9.59 Å². The Bertz CT molecular complexity index is 639. The molecule has 2 fully saturated rings. The van der Waals surface area contributed by atoms with Gasteiger partial charge in [0.2, 0.25) is 0 Å². The van der Waals surface area contributed by atoms with E-state index in [-0.39, 0.29) is 17.7 Å². The second-order valence-corrected chi connectivity index (χ2v) is 6.43. The summed E-state index contributed by atoms with van der Waals surface area (Å²) in [6, 6.07) is -0.0252. The van der Waals surface area contributed by atoms with Crippen molar-refractivity contribution in [2.45, 2.75) is 32.0 Å². The van der Waals surface area contributed by atoms with Crippen molar-refractivity contribution in [1.29, 1.82) is 0 Å². The lowest BCUT2D eigenvalue weighted by atomic mass is 10.2. The number of hydrogen-bond acceptors (Lipinski definition) is 4. The average Bonchev–Trinajstić information content (AvgIpc) is 3.33. The van der Waals surface area contributed by atoms with E-state index in [4.69, 9.17) is 4.74 Å². The largest absolute Gasteiger partial charge is 0.478 e. The number of carbonyl (C=O) groups is 2. The van der Waals surface area contributed by atoms with Gasteiger partial charge in [0.05, 0.1) is 37.7 Å². The zero-order chi connectivity index (χ0) is 16.0. The number of carbonyl (C=O) groups excluding carboxylic acids is 1. The molecule has 124 valence electrons. The molecule has 0 aromatic carbocycles. The monoisotopic (exact) mass is 320 g/mol. The number of ether oxygens (including phenoxy) is 1. The Morgan fingerprint density at radius 1 is 1.22 bits per heavy atom. The summed E-state index contributed by atoms with van der Waals surface area (Å²) < 4.78 is 7.44. The Balaban J connectivity index is 1.46. The molecule has 1 aromatic heterocycles. The minimum absolute atomic E-state index is 0.0252. The molecule has 1 aliphatic carbocycles. The minimum atomic E-state index is -0.999. The fourth-order valence-electron chi connectivity index (χ4n) is 3.39. The van der Waals surface area contributed by atoms with Crippen molar-refractivity contribution in [3.8, 4) is 0 Å². The molecule has 0 bridgehead atoms. The molecule has 3 heterocycles. The lowest BCUT2D eigenvalue weighted by Gasteiger charge is -2.38. The lowest BCUT2D eigenvalue weighted by Crippen LogP contribution is -2.53. The van der Waals surface area contributed by atoms with Crippen molar-refractivity contribution in [3.05, 3.63) is 17.5 Å². The van der Waals surface area contributed by atoms with Gasteiger partial charge in [-0.3, -0.25) is 4.68 Å². The van der Waals surface area contributed by atoms with E-state index < -0.39 is 5.97 Å². The van der Waals surface area contributed by atoms with Gasteiger partial charge in [0.15, 0.2) is 0 Å². The van der Waals surface area contributed by atoms with Crippen LogP contribution in [-0.4, -0.2) is 69.0 Å². The van der Waals surface area contributed by atoms with Gasteiger partial charge in [0.25, 0.3) is 0 Å². The first kappa shape index (κ1) is 14.5. The molecule has 0 radical (unpaired) electrons. The number of morpholine rings is 1. The standard InChI is InChI=1S/C15H20N4O4/c20-14(21)11-7-16-19-4-3-17(8-12(11)19)15(22)18-5-6-23-13(9-18)10-1-2-10/h7,10,13H,1-6,8-9H2,(H,20,21). The first-order chi connectivity index (χ1) is 11.1. The number of aromatic carboxylic acids is 1. The number of carboxylic acids is 1. The highest BCUT2D eigenvalue weighted by atomic mass is 16.5. The Hall–Kier alpha value is -2.09. The van der Waals surface area contributed by atoms with Crippen molar-refractivity contribution >= 4 is 12.0 Å². The molecule has 2 aliphatic heterocycles. The molecule has 1 unspecified atom stereocenters. The van der Waals surface area contributed by atoms with E-state index in [0.29, 0.717) is 50.9 Å². The number of aromatic nitrogens is 2. The Morgan fingerprint density at radius 2 is 2.04 bits per heavy atom. The third-order valence-electron chi connectivity index (χ3n) is 4.88. The van der Waals surface area contributed by atoms with E-state index in [1.54, 1.807) is 9.58 Å². The number of rotatable bonds is 2. The van der Waals surface area contributed by atoms with E-state index >= 15 is 0 Å². The predicted octanol–water partition coefficient (Wildman–Crippen LogP) is 0.628. The van der Waals surface area contributed by atoms with E-state index in [1.807, 2.05) is 4.90 Å². The van der Waals surface area contributed by atoms with Gasteiger partial charge in [0.1, 0.15) is 5.56 Å². The minimum Gasteiger partial charge on any atom is -0.478 e. The van der Waals surface area contributed by atoms with Crippen molar-refractivity contribution in [2.24, 2.45) is 5.92 Å². The Morgan fingerprint density at radius 3 is 2.78 bits per heavy atom. The first-order valence-corrected chi connectivity index (χ1v) is 8.07. The van der Waals surface area contributed by atoms with Gasteiger partial charge in [0, 0.05) is 19.6 Å². The summed E-state index contributed by atoms with van der Waals surface area (Å²) in [5.74, 6) is -0.396. The maximum atomic E-state index is 12.8. The normalized spacial score (nSPS) is 24.4. The lowest BCUT2D eigenvalue weighted by molar-refractivity contribution is -0.0307. The van der Waals surface area contributed by atoms with Crippen molar-refractivity contribution in [3.63, 3.8) is 0 Å². The summed E-state index contributed by atoms with van der Waals surface area (Å²) in [6.45, 7) is 3.21. The van der Waals surface area contributed by atoms with E-state index in [0.717, 1.165) is 0 Å². The topological polar surface area (TPSA) is 87.9 Å². The second kappa shape index (κ2) is 5.52. The van der Waals surface area contributed by atoms with Gasteiger partial charge >= 0.3 is 12.0 Å². The molecule has 2 amide bonds. The number of nitrogens with zero attached hydrogens (tertiary/aromatic N) is 4. The van der Waals surface area contributed by atoms with E-state index in [2.05, 4.69) is 5.10 Å². The molecule has 1 N–H and O–H groups in total. The van der Waals surface area contributed by atoms with Crippen LogP contribution in [0.1, 0.15) is 28.9 Å². The zero-order valence-electron chi connectivity index (χ0n) is 12.8. The second-order valence-electron chi connectivity index (χ2n) is 6.43. The van der Waals surface area contributed by atoms with Crippen LogP contribution in [0, 0.1) is 5.92 Å². The fourth-order valence-corrected chi connectivity index (χ4v) is 3.39. The van der Waals surface area contributed by atoms with Crippen LogP contribution >= 0.6 is 0 Å². The number of urea groups is 1. The molecule has 4 rings (SSSR count). The third kappa shape index (κ3) is 2.67. The molecule has 1 saturated carbocycles. The molecule has 1 aromatic rings. The van der Waals surface area contributed by atoms with E-state index in [9.17, 15) is 14.7 Å². The predicted molar refractivity (Wildman–Crippen MR) is 79.0 cm³/mol. The number of fused-ring (bicyclic) bond motifs is 1. The molecule has 3 aliphatic rings. The van der Waals surface area contributed by atoms with Gasteiger partial charge < -0.3 is 19.6 Å². The van der Waals surface area contributed by atoms with Gasteiger partial charge in [-0.1, -0.05) is 0 Å². The number of amides is 2.